The molecule has 1 aliphatic rings. The number of carbonyl (C=O) groups is 1. The van der Waals surface area contributed by atoms with Crippen molar-refractivity contribution in [3.63, 3.8) is 0 Å². The lowest BCUT2D eigenvalue weighted by Crippen LogP contribution is -2.33. The van der Waals surface area contributed by atoms with Crippen LogP contribution in [0.2, 0.25) is 10.0 Å². The van der Waals surface area contributed by atoms with Gasteiger partial charge in [0.15, 0.2) is 5.13 Å². The number of fused-ring (bicyclic) bond motifs is 2. The molecule has 0 radical (unpaired) electrons. The fraction of sp³-hybridized carbons (Fsp3) is 0.238. The molecule has 1 atom stereocenters. The Kier molecular flexibility index (Phi) is 6.06. The molecule has 5 nitrogen and oxygen atoms in total. The van der Waals surface area contributed by atoms with Crippen LogP contribution in [0.4, 0.5) is 5.13 Å². The van der Waals surface area contributed by atoms with E-state index >= 15 is 0 Å². The summed E-state index contributed by atoms with van der Waals surface area (Å²) < 4.78 is 12.7. The van der Waals surface area contributed by atoms with Crippen molar-refractivity contribution in [2.75, 3.05) is 11.9 Å². The molecule has 0 saturated heterocycles. The number of nitrogens with one attached hydrogen (secondary N) is 1. The summed E-state index contributed by atoms with van der Waals surface area (Å²) in [5, 5.41) is 4.78. The molecule has 29 heavy (non-hydrogen) atoms. The molecule has 1 aromatic heterocycles. The van der Waals surface area contributed by atoms with Gasteiger partial charge in [0.05, 0.1) is 27.5 Å². The van der Waals surface area contributed by atoms with E-state index in [1.807, 2.05) is 12.1 Å². The molecule has 0 amide bonds. The third-order valence-electron chi connectivity index (χ3n) is 4.42. The Labute approximate surface area is 182 Å². The number of thiazole rings is 1. The van der Waals surface area contributed by atoms with E-state index in [1.54, 1.807) is 30.5 Å². The van der Waals surface area contributed by atoms with Crippen molar-refractivity contribution in [2.45, 2.75) is 26.1 Å². The number of unbranched alkanes of at least 4 members (excludes halogenated alkanes) is 1. The number of hydrogen-bond donors (Lipinski definition) is 1. The minimum absolute atomic E-state index is 0.193. The lowest BCUT2D eigenvalue weighted by Gasteiger charge is -2.27. The molecule has 2 heterocycles. The molecule has 0 spiro atoms. The summed E-state index contributed by atoms with van der Waals surface area (Å²) >= 11 is 13.7. The highest BCUT2D eigenvalue weighted by Gasteiger charge is 2.33. The molecule has 1 unspecified atom stereocenters. The topological polar surface area (TPSA) is 60.5 Å². The number of ether oxygens (including phenoxy) is 2. The normalized spacial score (nSPS) is 17.4. The summed E-state index contributed by atoms with van der Waals surface area (Å²) in [6.45, 7) is 2.57. The van der Waals surface area contributed by atoms with Crippen molar-refractivity contribution >= 4 is 55.7 Å². The molecule has 0 saturated carbocycles. The predicted molar refractivity (Wildman–Crippen MR) is 117 cm³/mol. The lowest BCUT2D eigenvalue weighted by atomic mass is 10.00. The van der Waals surface area contributed by atoms with Gasteiger partial charge in [-0.15, -0.1) is 0 Å². The van der Waals surface area contributed by atoms with Gasteiger partial charge in [0.1, 0.15) is 11.3 Å². The zero-order valence-electron chi connectivity index (χ0n) is 15.6. The van der Waals surface area contributed by atoms with Crippen molar-refractivity contribution in [1.82, 2.24) is 4.98 Å². The molecule has 0 fully saturated rings. The fourth-order valence-corrected chi connectivity index (χ4v) is 4.24. The summed E-state index contributed by atoms with van der Waals surface area (Å²) in [5.41, 5.74) is 1.49. The summed E-state index contributed by atoms with van der Waals surface area (Å²) in [7, 11) is 0. The van der Waals surface area contributed by atoms with Crippen molar-refractivity contribution in [1.29, 1.82) is 0 Å². The standard InChI is InChI=1S/C21H18Cl2N2O3S/c1-2-3-9-27-20-14(19(26)13-10-12(22)7-8-16(13)28-20)11-24-21-25-18-15(23)5-4-6-17(18)29-21/h4-8,10-11,20H,2-3,9H2,1H3,(H,24,25). The van der Waals surface area contributed by atoms with Crippen molar-refractivity contribution in [3.8, 4) is 5.75 Å². The van der Waals surface area contributed by atoms with Gasteiger partial charge < -0.3 is 14.8 Å². The van der Waals surface area contributed by atoms with Crippen LogP contribution >= 0.6 is 34.5 Å². The minimum Gasteiger partial charge on any atom is -0.460 e. The van der Waals surface area contributed by atoms with E-state index in [1.165, 1.54) is 11.3 Å². The van der Waals surface area contributed by atoms with Crippen LogP contribution in [-0.4, -0.2) is 23.7 Å². The summed E-state index contributed by atoms with van der Waals surface area (Å²) in [6.07, 6.45) is 2.65. The first-order chi connectivity index (χ1) is 14.1. The van der Waals surface area contributed by atoms with Gasteiger partial charge in [-0.05, 0) is 36.8 Å². The number of carbonyl (C=O) groups excluding carboxylic acids is 1. The van der Waals surface area contributed by atoms with Crippen molar-refractivity contribution in [3.05, 3.63) is 63.8 Å². The first-order valence-electron chi connectivity index (χ1n) is 9.21. The molecule has 150 valence electrons. The number of anilines is 1. The number of benzene rings is 2. The van der Waals surface area contributed by atoms with Crippen LogP contribution in [0.3, 0.4) is 0 Å². The number of nitrogens with zero attached hydrogens (tertiary/aromatic N) is 1. The zero-order valence-corrected chi connectivity index (χ0v) is 17.9. The van der Waals surface area contributed by atoms with Gasteiger partial charge >= 0.3 is 0 Å². The highest BCUT2D eigenvalue weighted by molar-refractivity contribution is 7.22. The Bertz CT molecular complexity index is 1100. The van der Waals surface area contributed by atoms with Gasteiger partial charge in [0.25, 0.3) is 0 Å². The van der Waals surface area contributed by atoms with Crippen molar-refractivity contribution in [2.24, 2.45) is 0 Å². The van der Waals surface area contributed by atoms with Gasteiger partial charge in [-0.3, -0.25) is 4.79 Å². The molecular weight excluding hydrogens is 431 g/mol. The average Bonchev–Trinajstić information content (AvgIpc) is 3.13. The second kappa shape index (κ2) is 8.71. The number of hydrogen-bond acceptors (Lipinski definition) is 6. The maximum Gasteiger partial charge on any atom is 0.232 e. The van der Waals surface area contributed by atoms with Crippen LogP contribution in [0, 0.1) is 0 Å². The average molecular weight is 449 g/mol. The summed E-state index contributed by atoms with van der Waals surface area (Å²) in [4.78, 5) is 17.6. The van der Waals surface area contributed by atoms with Crippen molar-refractivity contribution < 1.29 is 14.3 Å². The number of aromatic nitrogens is 1. The van der Waals surface area contributed by atoms with Crippen LogP contribution in [-0.2, 0) is 4.74 Å². The number of ketones is 1. The molecule has 8 heteroatoms. The largest absolute Gasteiger partial charge is 0.460 e. The van der Waals surface area contributed by atoms with E-state index in [4.69, 9.17) is 32.7 Å². The molecule has 3 aromatic rings. The minimum atomic E-state index is -0.798. The molecule has 4 rings (SSSR count). The number of halogens is 2. The lowest BCUT2D eigenvalue weighted by molar-refractivity contribution is -0.0570. The predicted octanol–water partition coefficient (Wildman–Crippen LogP) is 6.32. The zero-order chi connectivity index (χ0) is 20.4. The second-order valence-corrected chi connectivity index (χ2v) is 8.37. The third-order valence-corrected chi connectivity index (χ3v) is 5.92. The van der Waals surface area contributed by atoms with E-state index in [0.717, 1.165) is 23.1 Å². The quantitative estimate of drug-likeness (QED) is 0.353. The van der Waals surface area contributed by atoms with Crippen LogP contribution in [0.5, 0.6) is 5.75 Å². The Morgan fingerprint density at radius 3 is 2.97 bits per heavy atom. The molecule has 0 aliphatic carbocycles. The molecule has 2 aromatic carbocycles. The van der Waals surface area contributed by atoms with Gasteiger partial charge in [-0.2, -0.15) is 0 Å². The Morgan fingerprint density at radius 2 is 2.17 bits per heavy atom. The highest BCUT2D eigenvalue weighted by atomic mass is 35.5. The van der Waals surface area contributed by atoms with E-state index < -0.39 is 6.29 Å². The Balaban J connectivity index is 1.64. The van der Waals surface area contributed by atoms with Gasteiger partial charge in [-0.1, -0.05) is 53.9 Å². The first-order valence-corrected chi connectivity index (χ1v) is 10.8. The van der Waals surface area contributed by atoms with E-state index in [0.29, 0.717) is 38.7 Å². The first kappa shape index (κ1) is 20.2. The highest BCUT2D eigenvalue weighted by Crippen LogP contribution is 2.34. The Hall–Kier alpha value is -2.12. The van der Waals surface area contributed by atoms with Crippen LogP contribution in [0.25, 0.3) is 10.2 Å². The molecule has 1 N–H and O–H groups in total. The van der Waals surface area contributed by atoms with E-state index in [-0.39, 0.29) is 5.78 Å². The van der Waals surface area contributed by atoms with Crippen LogP contribution in [0.1, 0.15) is 30.1 Å². The van der Waals surface area contributed by atoms with Crippen LogP contribution < -0.4 is 10.1 Å². The fourth-order valence-electron chi connectivity index (χ4n) is 2.93. The number of rotatable bonds is 6. The monoisotopic (exact) mass is 448 g/mol. The second-order valence-electron chi connectivity index (χ2n) is 6.49. The maximum absolute atomic E-state index is 13.1. The third kappa shape index (κ3) is 4.26. The summed E-state index contributed by atoms with van der Waals surface area (Å²) in [6, 6.07) is 10.6. The van der Waals surface area contributed by atoms with Gasteiger partial charge in [0.2, 0.25) is 12.1 Å². The maximum atomic E-state index is 13.1. The molecule has 0 bridgehead atoms. The molecular formula is C21H18Cl2N2O3S. The Morgan fingerprint density at radius 1 is 1.31 bits per heavy atom. The van der Waals surface area contributed by atoms with E-state index in [2.05, 4.69) is 17.2 Å². The SMILES string of the molecule is CCCCOC1Oc2ccc(Cl)cc2C(=O)C1=CNc1nc2c(Cl)cccc2s1. The smallest absolute Gasteiger partial charge is 0.232 e. The molecule has 1 aliphatic heterocycles. The van der Waals surface area contributed by atoms with E-state index in [9.17, 15) is 4.79 Å². The number of Topliss-reactive ketones (excluding diaryl/α,β-unsaturated/α-hetero) is 1. The van der Waals surface area contributed by atoms with Crippen LogP contribution in [0.15, 0.2) is 48.2 Å². The summed E-state index contributed by atoms with van der Waals surface area (Å²) in [5.74, 6) is 0.270. The number of para-hydroxylation sites is 1. The van der Waals surface area contributed by atoms with Gasteiger partial charge in [0, 0.05) is 11.2 Å². The van der Waals surface area contributed by atoms with Gasteiger partial charge in [-0.25, -0.2) is 4.98 Å².